The lowest BCUT2D eigenvalue weighted by molar-refractivity contribution is -0.134. The Labute approximate surface area is 72.3 Å². The summed E-state index contributed by atoms with van der Waals surface area (Å²) in [6.45, 7) is 0. The minimum Gasteiger partial charge on any atom is -0.296 e. The summed E-state index contributed by atoms with van der Waals surface area (Å²) in [6.07, 6.45) is 4.76. The highest BCUT2D eigenvalue weighted by molar-refractivity contribution is 5.86. The van der Waals surface area contributed by atoms with Crippen molar-refractivity contribution in [3.63, 3.8) is 0 Å². The highest BCUT2D eigenvalue weighted by atomic mass is 19.1. The molecule has 0 radical (unpaired) electrons. The van der Waals surface area contributed by atoms with E-state index in [1.807, 2.05) is 0 Å². The number of halogens is 1. The van der Waals surface area contributed by atoms with Crippen LogP contribution in [-0.4, -0.2) is 12.0 Å². The summed E-state index contributed by atoms with van der Waals surface area (Å²) in [5.41, 5.74) is 0. The number of hydrogen-bond donors (Lipinski definition) is 0. The Hall–Kier alpha value is -0.400. The summed E-state index contributed by atoms with van der Waals surface area (Å²) >= 11 is 0. The monoisotopic (exact) mass is 170 g/mol. The van der Waals surface area contributed by atoms with Crippen LogP contribution in [0.2, 0.25) is 0 Å². The second-order valence-electron chi connectivity index (χ2n) is 4.10. The minimum atomic E-state index is -1.13. The maximum Gasteiger partial charge on any atom is 0.170 e. The third kappa shape index (κ3) is 1.27. The van der Waals surface area contributed by atoms with Gasteiger partial charge in [-0.05, 0) is 31.6 Å². The first-order chi connectivity index (χ1) is 5.79. The number of fused-ring (bicyclic) bond motifs is 1. The molecule has 3 atom stereocenters. The molecule has 0 saturated heterocycles. The van der Waals surface area contributed by atoms with E-state index in [9.17, 15) is 9.18 Å². The highest BCUT2D eigenvalue weighted by Crippen LogP contribution is 2.39. The predicted molar refractivity (Wildman–Crippen MR) is 44.6 cm³/mol. The normalized spacial score (nSPS) is 42.4. The van der Waals surface area contributed by atoms with Crippen LogP contribution in [0.25, 0.3) is 0 Å². The lowest BCUT2D eigenvalue weighted by Gasteiger charge is -2.35. The smallest absolute Gasteiger partial charge is 0.170 e. The molecule has 68 valence electrons. The molecular formula is C10H15FO. The van der Waals surface area contributed by atoms with Gasteiger partial charge < -0.3 is 0 Å². The van der Waals surface area contributed by atoms with E-state index in [4.69, 9.17) is 0 Å². The van der Waals surface area contributed by atoms with Crippen molar-refractivity contribution in [2.45, 2.75) is 44.7 Å². The molecule has 0 amide bonds. The van der Waals surface area contributed by atoms with Gasteiger partial charge in [0.1, 0.15) is 0 Å². The molecule has 2 aliphatic rings. The number of rotatable bonds is 0. The quantitative estimate of drug-likeness (QED) is 0.546. The Bertz CT molecular complexity index is 190. The van der Waals surface area contributed by atoms with Gasteiger partial charge in [0.2, 0.25) is 0 Å². The van der Waals surface area contributed by atoms with E-state index in [1.165, 1.54) is 6.42 Å². The Kier molecular flexibility index (Phi) is 2.16. The molecule has 2 saturated carbocycles. The zero-order valence-electron chi connectivity index (χ0n) is 7.26. The average molecular weight is 170 g/mol. The van der Waals surface area contributed by atoms with E-state index in [0.717, 1.165) is 25.7 Å². The zero-order valence-corrected chi connectivity index (χ0v) is 7.26. The lowest BCUT2D eigenvalue weighted by atomic mass is 9.70. The zero-order chi connectivity index (χ0) is 8.55. The molecule has 2 aliphatic carbocycles. The molecule has 0 bridgehead atoms. The van der Waals surface area contributed by atoms with Gasteiger partial charge >= 0.3 is 0 Å². The van der Waals surface area contributed by atoms with E-state index >= 15 is 0 Å². The third-order valence-electron chi connectivity index (χ3n) is 3.37. The van der Waals surface area contributed by atoms with E-state index < -0.39 is 6.17 Å². The minimum absolute atomic E-state index is 0.0856. The van der Waals surface area contributed by atoms with Crippen LogP contribution in [0.1, 0.15) is 38.5 Å². The molecule has 0 spiro atoms. The first kappa shape index (κ1) is 8.21. The molecule has 0 N–H and O–H groups in total. The number of hydrogen-bond acceptors (Lipinski definition) is 1. The van der Waals surface area contributed by atoms with Crippen LogP contribution in [0.3, 0.4) is 0 Å². The topological polar surface area (TPSA) is 17.1 Å². The van der Waals surface area contributed by atoms with Gasteiger partial charge in [0.15, 0.2) is 12.0 Å². The van der Waals surface area contributed by atoms with Crippen molar-refractivity contribution in [2.75, 3.05) is 0 Å². The molecular weight excluding hydrogens is 155 g/mol. The van der Waals surface area contributed by atoms with Crippen molar-refractivity contribution >= 4 is 5.78 Å². The first-order valence-corrected chi connectivity index (χ1v) is 4.97. The molecule has 0 heterocycles. The fourth-order valence-electron chi connectivity index (χ4n) is 2.66. The van der Waals surface area contributed by atoms with E-state index in [1.54, 1.807) is 0 Å². The Morgan fingerprint density at radius 2 is 1.83 bits per heavy atom. The maximum atomic E-state index is 13.0. The Balaban J connectivity index is 2.08. The second-order valence-corrected chi connectivity index (χ2v) is 4.10. The van der Waals surface area contributed by atoms with Crippen LogP contribution in [-0.2, 0) is 4.79 Å². The molecule has 2 rings (SSSR count). The lowest BCUT2D eigenvalue weighted by Crippen LogP contribution is -2.37. The van der Waals surface area contributed by atoms with Crippen molar-refractivity contribution in [1.82, 2.24) is 0 Å². The van der Waals surface area contributed by atoms with Crippen molar-refractivity contribution in [3.05, 3.63) is 0 Å². The van der Waals surface area contributed by atoms with E-state index in [2.05, 4.69) is 0 Å². The SMILES string of the molecule is O=C1[C@H](F)CC[C@@H]2CCCC[C@H]12. The number of ketones is 1. The van der Waals surface area contributed by atoms with Gasteiger partial charge in [-0.25, -0.2) is 4.39 Å². The van der Waals surface area contributed by atoms with Crippen LogP contribution in [0.15, 0.2) is 0 Å². The number of carbonyl (C=O) groups excluding carboxylic acids is 1. The van der Waals surface area contributed by atoms with Crippen LogP contribution in [0.4, 0.5) is 4.39 Å². The number of Topliss-reactive ketones (excluding diaryl/α,β-unsaturated/α-hetero) is 1. The molecule has 0 aromatic carbocycles. The summed E-state index contributed by atoms with van der Waals surface area (Å²) in [5.74, 6) is 0.520. The molecule has 0 aliphatic heterocycles. The molecule has 0 unspecified atom stereocenters. The van der Waals surface area contributed by atoms with E-state index in [0.29, 0.717) is 12.3 Å². The van der Waals surface area contributed by atoms with Gasteiger partial charge in [0.05, 0.1) is 0 Å². The summed E-state index contributed by atoms with van der Waals surface area (Å²) in [6, 6.07) is 0. The van der Waals surface area contributed by atoms with E-state index in [-0.39, 0.29) is 11.7 Å². The number of carbonyl (C=O) groups is 1. The van der Waals surface area contributed by atoms with Gasteiger partial charge in [-0.15, -0.1) is 0 Å². The van der Waals surface area contributed by atoms with Crippen LogP contribution in [0, 0.1) is 11.8 Å². The van der Waals surface area contributed by atoms with Gasteiger partial charge in [-0.2, -0.15) is 0 Å². The van der Waals surface area contributed by atoms with Gasteiger partial charge in [-0.3, -0.25) is 4.79 Å². The molecule has 1 nitrogen and oxygen atoms in total. The fourth-order valence-corrected chi connectivity index (χ4v) is 2.66. The Morgan fingerprint density at radius 1 is 1.08 bits per heavy atom. The summed E-state index contributed by atoms with van der Waals surface area (Å²) in [5, 5.41) is 0. The summed E-state index contributed by atoms with van der Waals surface area (Å²) in [4.78, 5) is 11.4. The second kappa shape index (κ2) is 3.15. The van der Waals surface area contributed by atoms with Gasteiger partial charge in [0, 0.05) is 5.92 Å². The maximum absolute atomic E-state index is 13.0. The van der Waals surface area contributed by atoms with Crippen molar-refractivity contribution in [1.29, 1.82) is 0 Å². The van der Waals surface area contributed by atoms with Gasteiger partial charge in [0.25, 0.3) is 0 Å². The predicted octanol–water partition coefficient (Wildman–Crippen LogP) is 2.49. The van der Waals surface area contributed by atoms with Crippen LogP contribution < -0.4 is 0 Å². The van der Waals surface area contributed by atoms with Crippen LogP contribution in [0.5, 0.6) is 0 Å². The third-order valence-corrected chi connectivity index (χ3v) is 3.37. The number of alkyl halides is 1. The summed E-state index contributed by atoms with van der Waals surface area (Å²) in [7, 11) is 0. The van der Waals surface area contributed by atoms with Crippen molar-refractivity contribution in [3.8, 4) is 0 Å². The molecule has 2 fully saturated rings. The molecule has 0 aromatic heterocycles. The highest BCUT2D eigenvalue weighted by Gasteiger charge is 2.38. The average Bonchev–Trinajstić information content (AvgIpc) is 2.12. The first-order valence-electron chi connectivity index (χ1n) is 4.97. The molecule has 2 heteroatoms. The van der Waals surface area contributed by atoms with Gasteiger partial charge in [-0.1, -0.05) is 12.8 Å². The molecule has 0 aromatic rings. The van der Waals surface area contributed by atoms with Crippen LogP contribution >= 0.6 is 0 Å². The molecule has 12 heavy (non-hydrogen) atoms. The van der Waals surface area contributed by atoms with Crippen molar-refractivity contribution in [2.24, 2.45) is 11.8 Å². The largest absolute Gasteiger partial charge is 0.296 e. The summed E-state index contributed by atoms with van der Waals surface area (Å²) < 4.78 is 13.0. The standard InChI is InChI=1S/C10H15FO/c11-9-6-5-7-3-1-2-4-8(7)10(9)12/h7-9H,1-6H2/t7-,8-,9+/m0/s1. The van der Waals surface area contributed by atoms with Crippen molar-refractivity contribution < 1.29 is 9.18 Å². The Morgan fingerprint density at radius 3 is 2.67 bits per heavy atom. The fraction of sp³-hybridized carbons (Fsp3) is 0.900.